The van der Waals surface area contributed by atoms with Gasteiger partial charge in [-0.2, -0.15) is 12.6 Å². The van der Waals surface area contributed by atoms with Gasteiger partial charge in [-0.05, 0) is 50.6 Å². The SMILES string of the molecule is COC(=O)C(C(=O)C(C)(C)S)c1ccc(Cl)cc1Cl.COc1ccc(C)cc1. The van der Waals surface area contributed by atoms with Gasteiger partial charge in [0.2, 0.25) is 0 Å². The Kier molecular flexibility index (Phi) is 9.34. The fourth-order valence-corrected chi connectivity index (χ4v) is 2.90. The minimum atomic E-state index is -1.11. The summed E-state index contributed by atoms with van der Waals surface area (Å²) < 4.78 is 8.67. The molecular formula is C21H24Cl2O4S. The van der Waals surface area contributed by atoms with Crippen LogP contribution in [-0.4, -0.2) is 30.7 Å². The Labute approximate surface area is 181 Å². The summed E-state index contributed by atoms with van der Waals surface area (Å²) in [7, 11) is 2.89. The predicted molar refractivity (Wildman–Crippen MR) is 117 cm³/mol. The van der Waals surface area contributed by atoms with Crippen molar-refractivity contribution in [2.75, 3.05) is 14.2 Å². The maximum atomic E-state index is 12.3. The first kappa shape index (κ1) is 24.3. The van der Waals surface area contributed by atoms with Crippen molar-refractivity contribution >= 4 is 47.6 Å². The van der Waals surface area contributed by atoms with E-state index in [4.69, 9.17) is 27.9 Å². The molecule has 0 amide bonds. The number of carbonyl (C=O) groups is 2. The second-order valence-corrected chi connectivity index (χ2v) is 8.52. The van der Waals surface area contributed by atoms with Gasteiger partial charge in [0.1, 0.15) is 11.7 Å². The zero-order valence-corrected chi connectivity index (χ0v) is 18.9. The van der Waals surface area contributed by atoms with Crippen LogP contribution in [0.1, 0.15) is 30.9 Å². The van der Waals surface area contributed by atoms with Gasteiger partial charge in [-0.15, -0.1) is 0 Å². The number of hydrogen-bond acceptors (Lipinski definition) is 5. The number of Topliss-reactive ketones (excluding diaryl/α,β-unsaturated/α-hetero) is 1. The van der Waals surface area contributed by atoms with Crippen LogP contribution in [0, 0.1) is 6.92 Å². The van der Waals surface area contributed by atoms with Crippen LogP contribution in [-0.2, 0) is 14.3 Å². The predicted octanol–water partition coefficient (Wildman–Crippen LogP) is 5.53. The number of esters is 1. The number of halogens is 2. The number of hydrogen-bond donors (Lipinski definition) is 1. The summed E-state index contributed by atoms with van der Waals surface area (Å²) in [5.41, 5.74) is 1.63. The normalized spacial score (nSPS) is 11.7. The minimum Gasteiger partial charge on any atom is -0.497 e. The Morgan fingerprint density at radius 2 is 1.61 bits per heavy atom. The largest absolute Gasteiger partial charge is 0.497 e. The fraction of sp³-hybridized carbons (Fsp3) is 0.333. The van der Waals surface area contributed by atoms with Gasteiger partial charge in [-0.1, -0.05) is 47.0 Å². The maximum absolute atomic E-state index is 12.3. The Bertz CT molecular complexity index is 814. The number of rotatable bonds is 5. The molecule has 0 heterocycles. The van der Waals surface area contributed by atoms with E-state index in [0.29, 0.717) is 10.6 Å². The molecule has 0 spiro atoms. The minimum absolute atomic E-state index is 0.244. The van der Waals surface area contributed by atoms with Crippen LogP contribution in [0.25, 0.3) is 0 Å². The highest BCUT2D eigenvalue weighted by Gasteiger charge is 2.38. The highest BCUT2D eigenvalue weighted by atomic mass is 35.5. The van der Waals surface area contributed by atoms with Gasteiger partial charge in [0.05, 0.1) is 19.0 Å². The van der Waals surface area contributed by atoms with Crippen LogP contribution in [0.15, 0.2) is 42.5 Å². The molecule has 0 radical (unpaired) electrons. The van der Waals surface area contributed by atoms with E-state index in [-0.39, 0.29) is 10.8 Å². The summed E-state index contributed by atoms with van der Waals surface area (Å²) in [4.78, 5) is 24.2. The van der Waals surface area contributed by atoms with Crippen molar-refractivity contribution in [3.8, 4) is 5.75 Å². The zero-order chi connectivity index (χ0) is 21.5. The van der Waals surface area contributed by atoms with E-state index in [9.17, 15) is 9.59 Å². The van der Waals surface area contributed by atoms with Crippen molar-refractivity contribution in [3.63, 3.8) is 0 Å². The zero-order valence-electron chi connectivity index (χ0n) is 16.5. The molecule has 4 nitrogen and oxygen atoms in total. The van der Waals surface area contributed by atoms with Gasteiger partial charge in [0.25, 0.3) is 0 Å². The van der Waals surface area contributed by atoms with Gasteiger partial charge in [-0.3, -0.25) is 9.59 Å². The Morgan fingerprint density at radius 3 is 2.04 bits per heavy atom. The van der Waals surface area contributed by atoms with Gasteiger partial charge in [0, 0.05) is 10.0 Å². The summed E-state index contributed by atoms with van der Waals surface area (Å²) in [5.74, 6) is -1.24. The molecule has 0 aromatic heterocycles. The molecule has 7 heteroatoms. The van der Waals surface area contributed by atoms with E-state index in [1.807, 2.05) is 24.3 Å². The van der Waals surface area contributed by atoms with Crippen LogP contribution in [0.4, 0.5) is 0 Å². The molecule has 1 atom stereocenters. The quantitative estimate of drug-likeness (QED) is 0.375. The second-order valence-electron chi connectivity index (χ2n) is 6.56. The summed E-state index contributed by atoms with van der Waals surface area (Å²) in [6, 6.07) is 12.6. The summed E-state index contributed by atoms with van der Waals surface area (Å²) in [5, 5.41) is 0.670. The number of aryl methyl sites for hydroxylation is 1. The molecule has 2 aromatic carbocycles. The second kappa shape index (κ2) is 10.7. The third kappa shape index (κ3) is 7.04. The third-order valence-electron chi connectivity index (χ3n) is 3.83. The molecule has 0 aliphatic heterocycles. The third-order valence-corrected chi connectivity index (χ3v) is 4.62. The van der Waals surface area contributed by atoms with Crippen LogP contribution in [0.2, 0.25) is 10.0 Å². The Hall–Kier alpha value is -1.69. The Morgan fingerprint density at radius 1 is 1.04 bits per heavy atom. The highest BCUT2D eigenvalue weighted by Crippen LogP contribution is 2.33. The lowest BCUT2D eigenvalue weighted by molar-refractivity contribution is -0.146. The molecule has 0 aliphatic rings. The first-order valence-electron chi connectivity index (χ1n) is 8.41. The topological polar surface area (TPSA) is 52.6 Å². The molecule has 1 unspecified atom stereocenters. The number of carbonyl (C=O) groups excluding carboxylic acids is 2. The van der Waals surface area contributed by atoms with E-state index >= 15 is 0 Å². The van der Waals surface area contributed by atoms with Crippen LogP contribution in [0.5, 0.6) is 5.75 Å². The number of thiol groups is 1. The van der Waals surface area contributed by atoms with Crippen molar-refractivity contribution in [2.24, 2.45) is 0 Å². The molecule has 0 saturated carbocycles. The van der Waals surface area contributed by atoms with Crippen LogP contribution in [0.3, 0.4) is 0 Å². The summed E-state index contributed by atoms with van der Waals surface area (Å²) in [6.07, 6.45) is 0. The van der Waals surface area contributed by atoms with Crippen molar-refractivity contribution in [2.45, 2.75) is 31.4 Å². The van der Waals surface area contributed by atoms with Crippen LogP contribution >= 0.6 is 35.8 Å². The van der Waals surface area contributed by atoms with E-state index in [0.717, 1.165) is 5.75 Å². The van der Waals surface area contributed by atoms with Crippen LogP contribution < -0.4 is 4.74 Å². The number of ketones is 1. The fourth-order valence-electron chi connectivity index (χ4n) is 2.26. The first-order chi connectivity index (χ1) is 13.0. The lowest BCUT2D eigenvalue weighted by Gasteiger charge is -2.23. The molecule has 0 aliphatic carbocycles. The molecule has 0 saturated heterocycles. The van der Waals surface area contributed by atoms with Crippen molar-refractivity contribution in [3.05, 3.63) is 63.6 Å². The number of methoxy groups -OCH3 is 2. The van der Waals surface area contributed by atoms with Gasteiger partial charge in [0.15, 0.2) is 5.78 Å². The average molecular weight is 443 g/mol. The summed E-state index contributed by atoms with van der Waals surface area (Å²) in [6.45, 7) is 5.27. The maximum Gasteiger partial charge on any atom is 0.320 e. The molecule has 0 fully saturated rings. The lowest BCUT2D eigenvalue weighted by atomic mass is 9.88. The summed E-state index contributed by atoms with van der Waals surface area (Å²) >= 11 is 16.1. The molecule has 152 valence electrons. The molecule has 0 bridgehead atoms. The van der Waals surface area contributed by atoms with Gasteiger partial charge in [-0.25, -0.2) is 0 Å². The van der Waals surface area contributed by atoms with Crippen molar-refractivity contribution < 1.29 is 19.1 Å². The monoisotopic (exact) mass is 442 g/mol. The van der Waals surface area contributed by atoms with E-state index in [1.165, 1.54) is 18.7 Å². The standard InChI is InChI=1S/C13H14Cl2O3S.C8H10O/c1-13(2,19)11(16)10(12(17)18-3)8-5-4-7(14)6-9(8)15;1-7-3-5-8(9-2)6-4-7/h4-6,10,19H,1-3H3;3-6H,1-2H3. The molecular weight excluding hydrogens is 419 g/mol. The van der Waals surface area contributed by atoms with E-state index < -0.39 is 16.6 Å². The number of ether oxygens (including phenoxy) is 2. The lowest BCUT2D eigenvalue weighted by Crippen LogP contribution is -2.35. The van der Waals surface area contributed by atoms with Gasteiger partial charge >= 0.3 is 5.97 Å². The smallest absolute Gasteiger partial charge is 0.320 e. The Balaban J connectivity index is 0.000000362. The van der Waals surface area contributed by atoms with Crippen molar-refractivity contribution in [1.82, 2.24) is 0 Å². The average Bonchev–Trinajstić information content (AvgIpc) is 2.63. The van der Waals surface area contributed by atoms with E-state index in [1.54, 1.807) is 33.1 Å². The first-order valence-corrected chi connectivity index (χ1v) is 9.61. The highest BCUT2D eigenvalue weighted by molar-refractivity contribution is 7.82. The number of benzene rings is 2. The molecule has 2 aromatic rings. The van der Waals surface area contributed by atoms with E-state index in [2.05, 4.69) is 24.3 Å². The van der Waals surface area contributed by atoms with Crippen molar-refractivity contribution in [1.29, 1.82) is 0 Å². The van der Waals surface area contributed by atoms with Gasteiger partial charge < -0.3 is 9.47 Å². The molecule has 0 N–H and O–H groups in total. The molecule has 2 rings (SSSR count). The molecule has 28 heavy (non-hydrogen) atoms.